The Morgan fingerprint density at radius 1 is 1.39 bits per heavy atom. The van der Waals surface area contributed by atoms with Crippen molar-refractivity contribution in [2.24, 2.45) is 10.6 Å². The van der Waals surface area contributed by atoms with Crippen molar-refractivity contribution in [3.05, 3.63) is 42.5 Å². The van der Waals surface area contributed by atoms with Crippen molar-refractivity contribution in [2.75, 3.05) is 19.7 Å². The van der Waals surface area contributed by atoms with Gasteiger partial charge in [-0.3, -0.25) is 4.79 Å². The van der Waals surface area contributed by atoms with Crippen LogP contribution in [0.15, 0.2) is 41.8 Å². The van der Waals surface area contributed by atoms with Gasteiger partial charge in [-0.15, -0.1) is 6.58 Å². The first-order valence-corrected chi connectivity index (χ1v) is 9.00. The fraction of sp³-hybridized carbons (Fsp3) is 0.438. The minimum absolute atomic E-state index is 0.00710. The highest BCUT2D eigenvalue weighted by Gasteiger charge is 2.35. The number of piperidine rings is 1. The van der Waals surface area contributed by atoms with Crippen LogP contribution in [0.5, 0.6) is 0 Å². The Hall–Kier alpha value is -1.70. The zero-order valence-electron chi connectivity index (χ0n) is 12.9. The van der Waals surface area contributed by atoms with E-state index in [9.17, 15) is 18.3 Å². The summed E-state index contributed by atoms with van der Waals surface area (Å²) in [5.41, 5.74) is 0.0701. The maximum absolute atomic E-state index is 12.6. The van der Waals surface area contributed by atoms with E-state index in [0.29, 0.717) is 25.1 Å². The third-order valence-corrected chi connectivity index (χ3v) is 5.22. The second-order valence-corrected chi connectivity index (χ2v) is 7.61. The molecule has 0 spiro atoms. The van der Waals surface area contributed by atoms with Crippen LogP contribution in [-0.4, -0.2) is 44.0 Å². The molecule has 0 saturated carbocycles. The minimum atomic E-state index is -3.77. The van der Waals surface area contributed by atoms with E-state index >= 15 is 0 Å². The molecule has 6 nitrogen and oxygen atoms in total. The van der Waals surface area contributed by atoms with Gasteiger partial charge >= 0.3 is 0 Å². The topological polar surface area (TPSA) is 101 Å². The lowest BCUT2D eigenvalue weighted by atomic mass is 9.77. The molecule has 1 aromatic carbocycles. The standard InChI is InChI=1S/C16H22N2O4S/c1-2-8-16(12-19)9-3-10-18(11-16)15(20)13-4-6-14(7-5-13)23(17,21)22/h2,4-7,19H,1,3,8-12H2,(H2,17,21,22)/t16-/m1/s1. The van der Waals surface area contributed by atoms with Crippen LogP contribution in [0, 0.1) is 5.41 Å². The van der Waals surface area contributed by atoms with E-state index in [-0.39, 0.29) is 22.8 Å². The molecule has 1 fully saturated rings. The number of aliphatic hydroxyl groups is 1. The predicted molar refractivity (Wildman–Crippen MR) is 87.3 cm³/mol. The zero-order valence-corrected chi connectivity index (χ0v) is 13.8. The summed E-state index contributed by atoms with van der Waals surface area (Å²) in [6.07, 6.45) is 4.09. The van der Waals surface area contributed by atoms with E-state index in [1.165, 1.54) is 24.3 Å². The lowest BCUT2D eigenvalue weighted by molar-refractivity contribution is 0.0285. The monoisotopic (exact) mass is 338 g/mol. The fourth-order valence-electron chi connectivity index (χ4n) is 3.02. The van der Waals surface area contributed by atoms with Crippen molar-refractivity contribution in [3.8, 4) is 0 Å². The molecule has 1 saturated heterocycles. The summed E-state index contributed by atoms with van der Waals surface area (Å²) in [5, 5.41) is 14.8. The molecule has 1 aromatic rings. The number of amides is 1. The van der Waals surface area contributed by atoms with Gasteiger partial charge < -0.3 is 10.0 Å². The molecule has 0 bridgehead atoms. The van der Waals surface area contributed by atoms with Crippen molar-refractivity contribution in [2.45, 2.75) is 24.2 Å². The number of primary sulfonamides is 1. The molecule has 1 amide bonds. The van der Waals surface area contributed by atoms with Crippen molar-refractivity contribution >= 4 is 15.9 Å². The van der Waals surface area contributed by atoms with Crippen LogP contribution in [0.3, 0.4) is 0 Å². The molecule has 1 aliphatic rings. The Bertz CT molecular complexity index is 685. The van der Waals surface area contributed by atoms with Gasteiger partial charge in [-0.05, 0) is 43.5 Å². The number of allylic oxidation sites excluding steroid dienone is 1. The van der Waals surface area contributed by atoms with E-state index in [2.05, 4.69) is 6.58 Å². The summed E-state index contributed by atoms with van der Waals surface area (Å²) in [7, 11) is -3.77. The molecule has 0 unspecified atom stereocenters. The van der Waals surface area contributed by atoms with Crippen LogP contribution in [-0.2, 0) is 10.0 Å². The van der Waals surface area contributed by atoms with Gasteiger partial charge in [-0.2, -0.15) is 0 Å². The van der Waals surface area contributed by atoms with Crippen LogP contribution < -0.4 is 5.14 Å². The quantitative estimate of drug-likeness (QED) is 0.786. The highest BCUT2D eigenvalue weighted by molar-refractivity contribution is 7.89. The van der Waals surface area contributed by atoms with Crippen molar-refractivity contribution in [3.63, 3.8) is 0 Å². The summed E-state index contributed by atoms with van der Waals surface area (Å²) in [4.78, 5) is 14.3. The van der Waals surface area contributed by atoms with Crippen LogP contribution >= 0.6 is 0 Å². The molecule has 1 atom stereocenters. The largest absolute Gasteiger partial charge is 0.396 e. The van der Waals surface area contributed by atoms with Crippen molar-refractivity contribution in [1.29, 1.82) is 0 Å². The molecule has 126 valence electrons. The lowest BCUT2D eigenvalue weighted by Gasteiger charge is -2.41. The average molecular weight is 338 g/mol. The molecule has 3 N–H and O–H groups in total. The maximum atomic E-state index is 12.6. The third kappa shape index (κ3) is 3.99. The van der Waals surface area contributed by atoms with Crippen LogP contribution in [0.4, 0.5) is 0 Å². The Morgan fingerprint density at radius 2 is 2.04 bits per heavy atom. The van der Waals surface area contributed by atoms with Gasteiger partial charge in [0.1, 0.15) is 0 Å². The first-order valence-electron chi connectivity index (χ1n) is 7.45. The van der Waals surface area contributed by atoms with Crippen LogP contribution in [0.25, 0.3) is 0 Å². The molecule has 0 aliphatic carbocycles. The number of nitrogens with two attached hydrogens (primary N) is 1. The highest BCUT2D eigenvalue weighted by atomic mass is 32.2. The van der Waals surface area contributed by atoms with Crippen LogP contribution in [0.1, 0.15) is 29.6 Å². The molecular weight excluding hydrogens is 316 g/mol. The summed E-state index contributed by atoms with van der Waals surface area (Å²) < 4.78 is 22.5. The first kappa shape index (κ1) is 17.7. The van der Waals surface area contributed by atoms with E-state index in [0.717, 1.165) is 12.8 Å². The number of nitrogens with zero attached hydrogens (tertiary/aromatic N) is 1. The normalized spacial score (nSPS) is 21.9. The number of rotatable bonds is 5. The number of hydrogen-bond donors (Lipinski definition) is 2. The average Bonchev–Trinajstić information content (AvgIpc) is 2.54. The summed E-state index contributed by atoms with van der Waals surface area (Å²) in [5.74, 6) is -0.174. The SMILES string of the molecule is C=CC[C@@]1(CO)CCCN(C(=O)c2ccc(S(N)(=O)=O)cc2)C1. The van der Waals surface area contributed by atoms with Crippen molar-refractivity contribution < 1.29 is 18.3 Å². The van der Waals surface area contributed by atoms with E-state index in [1.54, 1.807) is 11.0 Å². The Morgan fingerprint density at radius 3 is 2.57 bits per heavy atom. The summed E-state index contributed by atoms with van der Waals surface area (Å²) >= 11 is 0. The van der Waals surface area contributed by atoms with Crippen LogP contribution in [0.2, 0.25) is 0 Å². The Kier molecular flexibility index (Phi) is 5.23. The molecule has 2 rings (SSSR count). The molecule has 1 heterocycles. The minimum Gasteiger partial charge on any atom is -0.396 e. The van der Waals surface area contributed by atoms with E-state index < -0.39 is 10.0 Å². The van der Waals surface area contributed by atoms with Gasteiger partial charge in [0.2, 0.25) is 10.0 Å². The van der Waals surface area contributed by atoms with Gasteiger partial charge in [0, 0.05) is 24.1 Å². The summed E-state index contributed by atoms with van der Waals surface area (Å²) in [6.45, 7) is 4.82. The van der Waals surface area contributed by atoms with Gasteiger partial charge in [0.05, 0.1) is 11.5 Å². The number of carbonyl (C=O) groups is 1. The predicted octanol–water partition coefficient (Wildman–Crippen LogP) is 1.12. The van der Waals surface area contributed by atoms with Crippen molar-refractivity contribution in [1.82, 2.24) is 4.90 Å². The molecule has 1 aliphatic heterocycles. The second kappa shape index (κ2) is 6.82. The number of sulfonamides is 1. The number of aliphatic hydroxyl groups excluding tert-OH is 1. The number of likely N-dealkylation sites (tertiary alicyclic amines) is 1. The third-order valence-electron chi connectivity index (χ3n) is 4.29. The molecule has 0 aromatic heterocycles. The van der Waals surface area contributed by atoms with Gasteiger partial charge in [-0.25, -0.2) is 13.6 Å². The molecule has 0 radical (unpaired) electrons. The number of carbonyl (C=O) groups excluding carboxylic acids is 1. The lowest BCUT2D eigenvalue weighted by Crippen LogP contribution is -2.47. The summed E-state index contributed by atoms with van der Waals surface area (Å²) in [6, 6.07) is 5.58. The molecule has 23 heavy (non-hydrogen) atoms. The zero-order chi connectivity index (χ0) is 17.1. The number of hydrogen-bond acceptors (Lipinski definition) is 4. The maximum Gasteiger partial charge on any atom is 0.253 e. The number of benzene rings is 1. The molecular formula is C16H22N2O4S. The van der Waals surface area contributed by atoms with Gasteiger partial charge in [0.25, 0.3) is 5.91 Å². The smallest absolute Gasteiger partial charge is 0.253 e. The van der Waals surface area contributed by atoms with Gasteiger partial charge in [-0.1, -0.05) is 6.08 Å². The molecule has 7 heteroatoms. The Labute approximate surface area is 136 Å². The van der Waals surface area contributed by atoms with E-state index in [1.807, 2.05) is 0 Å². The highest BCUT2D eigenvalue weighted by Crippen LogP contribution is 2.34. The van der Waals surface area contributed by atoms with E-state index in [4.69, 9.17) is 5.14 Å². The first-order chi connectivity index (χ1) is 10.8. The Balaban J connectivity index is 2.18. The van der Waals surface area contributed by atoms with Gasteiger partial charge in [0.15, 0.2) is 0 Å². The second-order valence-electron chi connectivity index (χ2n) is 6.05. The fourth-order valence-corrected chi connectivity index (χ4v) is 3.53.